The van der Waals surface area contributed by atoms with Gasteiger partial charge in [-0.05, 0) is 96.1 Å². The van der Waals surface area contributed by atoms with Gasteiger partial charge in [-0.1, -0.05) is 42.5 Å². The first kappa shape index (κ1) is 21.2. The van der Waals surface area contributed by atoms with E-state index in [1.807, 2.05) is 78.9 Å². The lowest BCUT2D eigenvalue weighted by molar-refractivity contribution is 0.475. The molecular formula is C30H23NO3. The second-order valence-corrected chi connectivity index (χ2v) is 7.85. The quantitative estimate of drug-likeness (QED) is 0.278. The van der Waals surface area contributed by atoms with Gasteiger partial charge in [0, 0.05) is 17.1 Å². The molecule has 5 aromatic rings. The Morgan fingerprint density at radius 3 is 1.32 bits per heavy atom. The minimum atomic E-state index is 0.220. The molecule has 0 aliphatic carbocycles. The van der Waals surface area contributed by atoms with Crippen molar-refractivity contribution in [1.82, 2.24) is 0 Å². The lowest BCUT2D eigenvalue weighted by Crippen LogP contribution is -2.09. The zero-order valence-corrected chi connectivity index (χ0v) is 18.4. The number of benzene rings is 5. The van der Waals surface area contributed by atoms with Crippen LogP contribution in [0, 0.1) is 0 Å². The van der Waals surface area contributed by atoms with Crippen LogP contribution in [0.15, 0.2) is 127 Å². The number of phenolic OH excluding ortho intramolecular Hbond substituents is 2. The number of para-hydroxylation sites is 1. The van der Waals surface area contributed by atoms with Crippen LogP contribution in [0.1, 0.15) is 0 Å². The van der Waals surface area contributed by atoms with Crippen LogP contribution in [-0.4, -0.2) is 10.2 Å². The Labute approximate surface area is 198 Å². The van der Waals surface area contributed by atoms with E-state index in [0.717, 1.165) is 39.7 Å². The Morgan fingerprint density at radius 1 is 0.412 bits per heavy atom. The van der Waals surface area contributed by atoms with Gasteiger partial charge < -0.3 is 19.8 Å². The highest BCUT2D eigenvalue weighted by atomic mass is 16.5. The molecular weight excluding hydrogens is 422 g/mol. The van der Waals surface area contributed by atoms with Crippen molar-refractivity contribution in [3.05, 3.63) is 127 Å². The molecule has 4 heteroatoms. The highest BCUT2D eigenvalue weighted by Gasteiger charge is 2.13. The summed E-state index contributed by atoms with van der Waals surface area (Å²) in [4.78, 5) is 2.12. The fourth-order valence-electron chi connectivity index (χ4n) is 3.79. The molecule has 0 heterocycles. The number of aromatic hydroxyl groups is 2. The molecule has 166 valence electrons. The van der Waals surface area contributed by atoms with E-state index in [1.54, 1.807) is 24.3 Å². The van der Waals surface area contributed by atoms with Gasteiger partial charge in [-0.2, -0.15) is 0 Å². The summed E-state index contributed by atoms with van der Waals surface area (Å²) in [6.07, 6.45) is 0. The standard InChI is InChI=1S/C30H23NO3/c32-27-16-8-23(9-17-27)22-6-10-24(11-7-22)31(25-12-18-28(33)19-13-25)26-14-20-30(21-15-26)34-29-4-2-1-3-5-29/h1-21,32-33H. The van der Waals surface area contributed by atoms with Crippen LogP contribution in [0.5, 0.6) is 23.0 Å². The van der Waals surface area contributed by atoms with Gasteiger partial charge >= 0.3 is 0 Å². The molecule has 0 saturated heterocycles. The van der Waals surface area contributed by atoms with Crippen LogP contribution in [0.25, 0.3) is 11.1 Å². The average Bonchev–Trinajstić information content (AvgIpc) is 2.88. The van der Waals surface area contributed by atoms with Crippen LogP contribution < -0.4 is 9.64 Å². The van der Waals surface area contributed by atoms with Crippen LogP contribution in [0.2, 0.25) is 0 Å². The fraction of sp³-hybridized carbons (Fsp3) is 0. The Morgan fingerprint density at radius 2 is 0.794 bits per heavy atom. The molecule has 5 aromatic carbocycles. The van der Waals surface area contributed by atoms with Crippen molar-refractivity contribution >= 4 is 17.1 Å². The highest BCUT2D eigenvalue weighted by Crippen LogP contribution is 2.37. The molecule has 0 aromatic heterocycles. The van der Waals surface area contributed by atoms with Gasteiger partial charge in [-0.3, -0.25) is 0 Å². The summed E-state index contributed by atoms with van der Waals surface area (Å²) in [5, 5.41) is 19.3. The molecule has 4 nitrogen and oxygen atoms in total. The summed E-state index contributed by atoms with van der Waals surface area (Å²) in [5.41, 5.74) is 4.95. The van der Waals surface area contributed by atoms with E-state index in [0.29, 0.717) is 0 Å². The van der Waals surface area contributed by atoms with Crippen molar-refractivity contribution < 1.29 is 14.9 Å². The van der Waals surface area contributed by atoms with Crippen molar-refractivity contribution in [1.29, 1.82) is 0 Å². The third-order valence-electron chi connectivity index (χ3n) is 5.51. The molecule has 0 unspecified atom stereocenters. The molecule has 0 aliphatic rings. The predicted molar refractivity (Wildman–Crippen MR) is 136 cm³/mol. The molecule has 0 bridgehead atoms. The third-order valence-corrected chi connectivity index (χ3v) is 5.51. The summed E-state index contributed by atoms with van der Waals surface area (Å²) in [6.45, 7) is 0. The zero-order valence-electron chi connectivity index (χ0n) is 18.4. The minimum absolute atomic E-state index is 0.220. The number of nitrogens with zero attached hydrogens (tertiary/aromatic N) is 1. The van der Waals surface area contributed by atoms with E-state index < -0.39 is 0 Å². The molecule has 34 heavy (non-hydrogen) atoms. The maximum absolute atomic E-state index is 9.79. The maximum atomic E-state index is 9.79. The molecule has 0 spiro atoms. The predicted octanol–water partition coefficient (Wildman–Crippen LogP) is 8.03. The van der Waals surface area contributed by atoms with Crippen LogP contribution in [0.4, 0.5) is 17.1 Å². The SMILES string of the molecule is Oc1ccc(-c2ccc(N(c3ccc(O)cc3)c3ccc(Oc4ccccc4)cc3)cc2)cc1. The summed E-state index contributed by atoms with van der Waals surface area (Å²) in [5.74, 6) is 2.01. The Hall–Kier alpha value is -4.70. The number of anilines is 3. The smallest absolute Gasteiger partial charge is 0.127 e. The zero-order chi connectivity index (χ0) is 23.3. The van der Waals surface area contributed by atoms with E-state index in [2.05, 4.69) is 29.2 Å². The Bertz CT molecular complexity index is 1350. The minimum Gasteiger partial charge on any atom is -0.508 e. The van der Waals surface area contributed by atoms with Gasteiger partial charge in [0.15, 0.2) is 0 Å². The number of ether oxygens (including phenoxy) is 1. The van der Waals surface area contributed by atoms with Crippen LogP contribution in [0.3, 0.4) is 0 Å². The Kier molecular flexibility index (Phi) is 5.87. The van der Waals surface area contributed by atoms with Crippen molar-refractivity contribution in [3.8, 4) is 34.1 Å². The summed E-state index contributed by atoms with van der Waals surface area (Å²) < 4.78 is 5.94. The van der Waals surface area contributed by atoms with Crippen LogP contribution in [-0.2, 0) is 0 Å². The third kappa shape index (κ3) is 4.71. The average molecular weight is 446 g/mol. The van der Waals surface area contributed by atoms with E-state index in [1.165, 1.54) is 0 Å². The number of hydrogen-bond donors (Lipinski definition) is 2. The first-order valence-electron chi connectivity index (χ1n) is 11.0. The molecule has 0 atom stereocenters. The second-order valence-electron chi connectivity index (χ2n) is 7.85. The number of phenols is 2. The molecule has 5 rings (SSSR count). The van der Waals surface area contributed by atoms with E-state index in [4.69, 9.17) is 4.74 Å². The van der Waals surface area contributed by atoms with Crippen LogP contribution >= 0.6 is 0 Å². The van der Waals surface area contributed by atoms with E-state index in [9.17, 15) is 10.2 Å². The first-order valence-corrected chi connectivity index (χ1v) is 11.0. The molecule has 2 N–H and O–H groups in total. The monoisotopic (exact) mass is 445 g/mol. The fourth-order valence-corrected chi connectivity index (χ4v) is 3.79. The van der Waals surface area contributed by atoms with Crippen molar-refractivity contribution in [2.24, 2.45) is 0 Å². The van der Waals surface area contributed by atoms with E-state index in [-0.39, 0.29) is 11.5 Å². The van der Waals surface area contributed by atoms with Gasteiger partial charge in [0.25, 0.3) is 0 Å². The topological polar surface area (TPSA) is 52.9 Å². The van der Waals surface area contributed by atoms with E-state index >= 15 is 0 Å². The number of rotatable bonds is 6. The lowest BCUT2D eigenvalue weighted by Gasteiger charge is -2.26. The molecule has 0 saturated carbocycles. The highest BCUT2D eigenvalue weighted by molar-refractivity contribution is 5.78. The molecule has 0 aliphatic heterocycles. The molecule has 0 radical (unpaired) electrons. The molecule has 0 fully saturated rings. The molecule has 0 amide bonds. The van der Waals surface area contributed by atoms with Crippen molar-refractivity contribution in [3.63, 3.8) is 0 Å². The van der Waals surface area contributed by atoms with Gasteiger partial charge in [-0.15, -0.1) is 0 Å². The van der Waals surface area contributed by atoms with Gasteiger partial charge in [0.05, 0.1) is 0 Å². The first-order chi connectivity index (χ1) is 16.7. The summed E-state index contributed by atoms with van der Waals surface area (Å²) in [6, 6.07) is 40.1. The largest absolute Gasteiger partial charge is 0.508 e. The van der Waals surface area contributed by atoms with Gasteiger partial charge in [0.1, 0.15) is 23.0 Å². The van der Waals surface area contributed by atoms with Gasteiger partial charge in [0.2, 0.25) is 0 Å². The summed E-state index contributed by atoms with van der Waals surface area (Å²) >= 11 is 0. The summed E-state index contributed by atoms with van der Waals surface area (Å²) in [7, 11) is 0. The second kappa shape index (κ2) is 9.43. The number of hydrogen-bond acceptors (Lipinski definition) is 4. The van der Waals surface area contributed by atoms with Crippen molar-refractivity contribution in [2.75, 3.05) is 4.90 Å². The van der Waals surface area contributed by atoms with Crippen molar-refractivity contribution in [2.45, 2.75) is 0 Å². The normalized spacial score (nSPS) is 10.6. The maximum Gasteiger partial charge on any atom is 0.127 e. The lowest BCUT2D eigenvalue weighted by atomic mass is 10.0. The Balaban J connectivity index is 1.47. The van der Waals surface area contributed by atoms with Gasteiger partial charge in [-0.25, -0.2) is 0 Å².